The van der Waals surface area contributed by atoms with Crippen molar-refractivity contribution in [1.82, 2.24) is 4.90 Å². The van der Waals surface area contributed by atoms with E-state index in [4.69, 9.17) is 4.74 Å². The molecule has 24 heavy (non-hydrogen) atoms. The topological polar surface area (TPSA) is 44.7 Å². The van der Waals surface area contributed by atoms with Crippen molar-refractivity contribution in [2.75, 3.05) is 32.1 Å². The first-order valence-electron chi connectivity index (χ1n) is 8.60. The Labute approximate surface area is 144 Å². The Morgan fingerprint density at radius 2 is 2.04 bits per heavy atom. The van der Waals surface area contributed by atoms with Crippen molar-refractivity contribution in [2.45, 2.75) is 25.0 Å². The van der Waals surface area contributed by atoms with Crippen LogP contribution in [-0.2, 0) is 0 Å². The molecule has 128 valence electrons. The fourth-order valence-corrected chi connectivity index (χ4v) is 3.31. The Balaban J connectivity index is 1.56. The fourth-order valence-electron chi connectivity index (χ4n) is 3.31. The van der Waals surface area contributed by atoms with E-state index in [9.17, 15) is 5.11 Å². The Kier molecular flexibility index (Phi) is 5.72. The largest absolute Gasteiger partial charge is 0.497 e. The van der Waals surface area contributed by atoms with Crippen LogP contribution in [0, 0.1) is 0 Å². The molecular formula is C20H26N2O2. The molecule has 4 nitrogen and oxygen atoms in total. The molecule has 3 rings (SSSR count). The second-order valence-corrected chi connectivity index (χ2v) is 6.40. The molecular weight excluding hydrogens is 300 g/mol. The van der Waals surface area contributed by atoms with Crippen LogP contribution in [0.25, 0.3) is 0 Å². The lowest BCUT2D eigenvalue weighted by molar-refractivity contribution is 0.0980. The van der Waals surface area contributed by atoms with Crippen LogP contribution in [0.4, 0.5) is 5.69 Å². The van der Waals surface area contributed by atoms with E-state index in [1.807, 2.05) is 30.3 Å². The summed E-state index contributed by atoms with van der Waals surface area (Å²) in [4.78, 5) is 2.34. The minimum Gasteiger partial charge on any atom is -0.497 e. The van der Waals surface area contributed by atoms with Crippen molar-refractivity contribution in [3.63, 3.8) is 0 Å². The van der Waals surface area contributed by atoms with Crippen molar-refractivity contribution >= 4 is 5.69 Å². The van der Waals surface area contributed by atoms with E-state index in [0.717, 1.165) is 36.5 Å². The number of methoxy groups -OCH3 is 1. The molecule has 0 aliphatic carbocycles. The summed E-state index contributed by atoms with van der Waals surface area (Å²) >= 11 is 0. The monoisotopic (exact) mass is 326 g/mol. The Hall–Kier alpha value is -2.04. The maximum Gasteiger partial charge on any atom is 0.119 e. The third-order valence-electron chi connectivity index (χ3n) is 4.56. The summed E-state index contributed by atoms with van der Waals surface area (Å²) in [5, 5.41) is 14.1. The molecule has 0 saturated carbocycles. The molecule has 1 saturated heterocycles. The van der Waals surface area contributed by atoms with Gasteiger partial charge in [-0.1, -0.05) is 30.3 Å². The molecule has 0 bridgehead atoms. The molecule has 2 unspecified atom stereocenters. The van der Waals surface area contributed by atoms with Crippen LogP contribution < -0.4 is 10.1 Å². The van der Waals surface area contributed by atoms with E-state index < -0.39 is 6.10 Å². The number of rotatable bonds is 6. The van der Waals surface area contributed by atoms with E-state index >= 15 is 0 Å². The molecule has 2 N–H and O–H groups in total. The molecule has 1 aliphatic rings. The van der Waals surface area contributed by atoms with Gasteiger partial charge in [-0.3, -0.25) is 4.90 Å². The molecule has 2 atom stereocenters. The lowest BCUT2D eigenvalue weighted by Gasteiger charge is -2.34. The number of benzene rings is 2. The van der Waals surface area contributed by atoms with Crippen LogP contribution in [0.2, 0.25) is 0 Å². The molecule has 1 heterocycles. The first-order chi connectivity index (χ1) is 11.7. The molecule has 0 spiro atoms. The fraction of sp³-hybridized carbons (Fsp3) is 0.400. The van der Waals surface area contributed by atoms with Gasteiger partial charge in [-0.15, -0.1) is 0 Å². The quantitative estimate of drug-likeness (QED) is 0.855. The maximum atomic E-state index is 10.6. The minimum absolute atomic E-state index is 0.429. The number of anilines is 1. The molecule has 4 heteroatoms. The van der Waals surface area contributed by atoms with E-state index in [0.29, 0.717) is 12.6 Å². The van der Waals surface area contributed by atoms with Crippen LogP contribution in [0.1, 0.15) is 24.5 Å². The van der Waals surface area contributed by atoms with Crippen LogP contribution in [-0.4, -0.2) is 42.8 Å². The Morgan fingerprint density at radius 3 is 2.83 bits per heavy atom. The molecule has 2 aromatic carbocycles. The lowest BCUT2D eigenvalue weighted by Crippen LogP contribution is -2.43. The number of β-amino-alcohol motifs (C(OH)–C–C–N with tert-alkyl or cyclic N) is 1. The zero-order chi connectivity index (χ0) is 16.8. The number of hydrogen-bond acceptors (Lipinski definition) is 4. The standard InChI is InChI=1S/C20H26N2O2/c1-24-19-11-5-7-16(13-19)20(23)15-22-12-6-10-18(14-22)21-17-8-3-2-4-9-17/h2-5,7-9,11,13,18,20-21,23H,6,10,12,14-15H2,1H3. The van der Waals surface area contributed by atoms with Crippen molar-refractivity contribution < 1.29 is 9.84 Å². The molecule has 1 aliphatic heterocycles. The highest BCUT2D eigenvalue weighted by molar-refractivity contribution is 5.43. The van der Waals surface area contributed by atoms with E-state index in [1.54, 1.807) is 7.11 Å². The zero-order valence-corrected chi connectivity index (χ0v) is 14.2. The van der Waals surface area contributed by atoms with Crippen molar-refractivity contribution in [3.05, 3.63) is 60.2 Å². The van der Waals surface area contributed by atoms with Crippen LogP contribution in [0.15, 0.2) is 54.6 Å². The minimum atomic E-state index is -0.490. The maximum absolute atomic E-state index is 10.6. The number of piperidine rings is 1. The van der Waals surface area contributed by atoms with Crippen molar-refractivity contribution in [1.29, 1.82) is 0 Å². The number of likely N-dealkylation sites (tertiary alicyclic amines) is 1. The van der Waals surface area contributed by atoms with Gasteiger partial charge in [-0.2, -0.15) is 0 Å². The van der Waals surface area contributed by atoms with Crippen LogP contribution in [0.5, 0.6) is 5.75 Å². The molecule has 0 radical (unpaired) electrons. The molecule has 0 aromatic heterocycles. The third-order valence-corrected chi connectivity index (χ3v) is 4.56. The highest BCUT2D eigenvalue weighted by Gasteiger charge is 2.22. The predicted octanol–water partition coefficient (Wildman–Crippen LogP) is 3.31. The smallest absolute Gasteiger partial charge is 0.119 e. The Bertz CT molecular complexity index is 633. The first kappa shape index (κ1) is 16.8. The van der Waals surface area contributed by atoms with Gasteiger partial charge in [0.25, 0.3) is 0 Å². The summed E-state index contributed by atoms with van der Waals surface area (Å²) < 4.78 is 5.24. The summed E-state index contributed by atoms with van der Waals surface area (Å²) in [6.07, 6.45) is 1.83. The zero-order valence-electron chi connectivity index (χ0n) is 14.2. The van der Waals surface area contributed by atoms with E-state index in [-0.39, 0.29) is 0 Å². The van der Waals surface area contributed by atoms with Gasteiger partial charge in [-0.05, 0) is 49.2 Å². The van der Waals surface area contributed by atoms with Gasteiger partial charge in [0.1, 0.15) is 5.75 Å². The summed E-state index contributed by atoms with van der Waals surface area (Å²) in [5.74, 6) is 0.786. The Morgan fingerprint density at radius 1 is 1.21 bits per heavy atom. The second kappa shape index (κ2) is 8.18. The average molecular weight is 326 g/mol. The van der Waals surface area contributed by atoms with Crippen molar-refractivity contribution in [3.8, 4) is 5.75 Å². The normalized spacial score (nSPS) is 19.7. The SMILES string of the molecule is COc1cccc(C(O)CN2CCCC(Nc3ccccc3)C2)c1. The number of hydrogen-bond donors (Lipinski definition) is 2. The van der Waals surface area contributed by atoms with Crippen LogP contribution in [0.3, 0.4) is 0 Å². The van der Waals surface area contributed by atoms with Gasteiger partial charge in [-0.25, -0.2) is 0 Å². The van der Waals surface area contributed by atoms with Gasteiger partial charge >= 0.3 is 0 Å². The number of ether oxygens (including phenoxy) is 1. The number of aliphatic hydroxyl groups is 1. The summed E-state index contributed by atoms with van der Waals surface area (Å²) in [7, 11) is 1.65. The highest BCUT2D eigenvalue weighted by atomic mass is 16.5. The number of para-hydroxylation sites is 1. The summed E-state index contributed by atoms with van der Waals surface area (Å²) in [6, 6.07) is 18.5. The first-order valence-corrected chi connectivity index (χ1v) is 8.60. The van der Waals surface area contributed by atoms with Crippen molar-refractivity contribution in [2.24, 2.45) is 0 Å². The highest BCUT2D eigenvalue weighted by Crippen LogP contribution is 2.22. The van der Waals surface area contributed by atoms with Crippen LogP contribution >= 0.6 is 0 Å². The van der Waals surface area contributed by atoms with Gasteiger partial charge in [0.15, 0.2) is 0 Å². The van der Waals surface area contributed by atoms with Gasteiger partial charge < -0.3 is 15.2 Å². The summed E-state index contributed by atoms with van der Waals surface area (Å²) in [5.41, 5.74) is 2.07. The van der Waals surface area contributed by atoms with Gasteiger partial charge in [0, 0.05) is 24.8 Å². The summed E-state index contributed by atoms with van der Waals surface area (Å²) in [6.45, 7) is 2.64. The van der Waals surface area contributed by atoms with E-state index in [2.05, 4.69) is 34.5 Å². The molecule has 0 amide bonds. The number of nitrogens with zero attached hydrogens (tertiary/aromatic N) is 1. The van der Waals surface area contributed by atoms with Gasteiger partial charge in [0.2, 0.25) is 0 Å². The average Bonchev–Trinajstić information content (AvgIpc) is 2.63. The van der Waals surface area contributed by atoms with E-state index in [1.165, 1.54) is 6.42 Å². The third kappa shape index (κ3) is 4.49. The lowest BCUT2D eigenvalue weighted by atomic mass is 10.0. The number of nitrogens with one attached hydrogen (secondary N) is 1. The number of aliphatic hydroxyl groups excluding tert-OH is 1. The predicted molar refractivity (Wildman–Crippen MR) is 97.5 cm³/mol. The second-order valence-electron chi connectivity index (χ2n) is 6.40. The molecule has 1 fully saturated rings. The van der Waals surface area contributed by atoms with Gasteiger partial charge in [0.05, 0.1) is 13.2 Å². The molecule has 2 aromatic rings.